The van der Waals surface area contributed by atoms with Crippen molar-refractivity contribution in [3.8, 4) is 11.6 Å². The molecule has 0 atom stereocenters. The van der Waals surface area contributed by atoms with Crippen molar-refractivity contribution in [2.24, 2.45) is 7.05 Å². The fourth-order valence-electron chi connectivity index (χ4n) is 2.30. The first kappa shape index (κ1) is 17.5. The summed E-state index contributed by atoms with van der Waals surface area (Å²) in [5, 5.41) is 15.0. The highest BCUT2D eigenvalue weighted by atomic mass is 16.6. The zero-order valence-electron chi connectivity index (χ0n) is 14.1. The highest BCUT2D eigenvalue weighted by molar-refractivity contribution is 5.92. The summed E-state index contributed by atoms with van der Waals surface area (Å²) in [7, 11) is 3.39. The van der Waals surface area contributed by atoms with Crippen LogP contribution in [0, 0.1) is 17.0 Å². The molecule has 0 saturated carbocycles. The van der Waals surface area contributed by atoms with Gasteiger partial charge in [-0.3, -0.25) is 14.9 Å². The minimum Gasteiger partial charge on any atom is -0.439 e. The molecule has 0 saturated heterocycles. The normalized spacial score (nSPS) is 10.5. The van der Waals surface area contributed by atoms with Crippen molar-refractivity contribution in [3.05, 3.63) is 45.6 Å². The molecule has 1 heterocycles. The number of nitro groups is 1. The summed E-state index contributed by atoms with van der Waals surface area (Å²) in [6, 6.07) is 6.05. The van der Waals surface area contributed by atoms with E-state index in [1.54, 1.807) is 38.1 Å². The molecular weight excluding hydrogens is 312 g/mol. The van der Waals surface area contributed by atoms with Crippen LogP contribution in [0.4, 0.5) is 5.69 Å². The third-order valence-corrected chi connectivity index (χ3v) is 3.55. The van der Waals surface area contributed by atoms with Crippen molar-refractivity contribution in [2.75, 3.05) is 13.6 Å². The quantitative estimate of drug-likeness (QED) is 0.599. The number of nitrogens with zero attached hydrogens (tertiary/aromatic N) is 4. The van der Waals surface area contributed by atoms with Crippen molar-refractivity contribution in [1.82, 2.24) is 14.7 Å². The molecular formula is C16H20N4O4. The average molecular weight is 332 g/mol. The van der Waals surface area contributed by atoms with Crippen LogP contribution in [0.3, 0.4) is 0 Å². The fraction of sp³-hybridized carbons (Fsp3) is 0.375. The lowest BCUT2D eigenvalue weighted by Crippen LogP contribution is -2.27. The molecule has 0 fully saturated rings. The predicted molar refractivity (Wildman–Crippen MR) is 88.4 cm³/mol. The first-order chi connectivity index (χ1) is 11.3. The smallest absolute Gasteiger partial charge is 0.274 e. The number of hydrogen-bond acceptors (Lipinski definition) is 5. The molecule has 128 valence electrons. The van der Waals surface area contributed by atoms with Gasteiger partial charge in [0.25, 0.3) is 11.6 Å². The summed E-state index contributed by atoms with van der Waals surface area (Å²) >= 11 is 0. The van der Waals surface area contributed by atoms with E-state index >= 15 is 0 Å². The van der Waals surface area contributed by atoms with Crippen LogP contribution in [0.25, 0.3) is 0 Å². The Morgan fingerprint density at radius 3 is 2.71 bits per heavy atom. The van der Waals surface area contributed by atoms with Crippen molar-refractivity contribution in [1.29, 1.82) is 0 Å². The SMILES string of the molecule is CCCN(C)C(=O)c1cc(Oc2ccc([N+](=O)[O-])c(C)c2)n(C)n1. The highest BCUT2D eigenvalue weighted by Gasteiger charge is 2.18. The van der Waals surface area contributed by atoms with E-state index in [2.05, 4.69) is 5.10 Å². The zero-order chi connectivity index (χ0) is 17.9. The lowest BCUT2D eigenvalue weighted by atomic mass is 10.2. The van der Waals surface area contributed by atoms with Gasteiger partial charge in [0.15, 0.2) is 5.69 Å². The van der Waals surface area contributed by atoms with Crippen molar-refractivity contribution < 1.29 is 14.5 Å². The molecule has 0 unspecified atom stereocenters. The van der Waals surface area contributed by atoms with Crippen LogP contribution in [0.5, 0.6) is 11.6 Å². The molecule has 0 spiro atoms. The second-order valence-corrected chi connectivity index (χ2v) is 5.53. The number of nitro benzene ring substituents is 1. The minimum absolute atomic E-state index is 0.0319. The topological polar surface area (TPSA) is 90.5 Å². The number of benzene rings is 1. The van der Waals surface area contributed by atoms with Gasteiger partial charge in [-0.1, -0.05) is 6.92 Å². The molecule has 2 rings (SSSR count). The number of hydrogen-bond donors (Lipinski definition) is 0. The Bertz CT molecular complexity index is 769. The van der Waals surface area contributed by atoms with Crippen molar-refractivity contribution >= 4 is 11.6 Å². The second-order valence-electron chi connectivity index (χ2n) is 5.53. The third-order valence-electron chi connectivity index (χ3n) is 3.55. The first-order valence-electron chi connectivity index (χ1n) is 7.56. The van der Waals surface area contributed by atoms with Crippen molar-refractivity contribution in [3.63, 3.8) is 0 Å². The van der Waals surface area contributed by atoms with Crippen LogP contribution in [-0.2, 0) is 7.05 Å². The Morgan fingerprint density at radius 2 is 2.12 bits per heavy atom. The van der Waals surface area contributed by atoms with Gasteiger partial charge >= 0.3 is 0 Å². The molecule has 1 aromatic heterocycles. The van der Waals surface area contributed by atoms with E-state index in [-0.39, 0.29) is 11.6 Å². The molecule has 24 heavy (non-hydrogen) atoms. The lowest BCUT2D eigenvalue weighted by molar-refractivity contribution is -0.385. The van der Waals surface area contributed by atoms with Crippen LogP contribution in [0.15, 0.2) is 24.3 Å². The number of aromatic nitrogens is 2. The number of rotatable bonds is 6. The average Bonchev–Trinajstić information content (AvgIpc) is 2.87. The molecule has 0 aliphatic heterocycles. The number of carbonyl (C=O) groups is 1. The van der Waals surface area contributed by atoms with E-state index in [9.17, 15) is 14.9 Å². The van der Waals surface area contributed by atoms with Gasteiger partial charge in [0.2, 0.25) is 5.88 Å². The predicted octanol–water partition coefficient (Wildman–Crippen LogP) is 2.91. The van der Waals surface area contributed by atoms with Gasteiger partial charge in [0.1, 0.15) is 5.75 Å². The molecule has 0 aliphatic carbocycles. The van der Waals surface area contributed by atoms with Gasteiger partial charge < -0.3 is 9.64 Å². The van der Waals surface area contributed by atoms with E-state index in [1.165, 1.54) is 16.8 Å². The van der Waals surface area contributed by atoms with E-state index in [4.69, 9.17) is 4.74 Å². The van der Waals surface area contributed by atoms with Crippen LogP contribution in [0.2, 0.25) is 0 Å². The zero-order valence-corrected chi connectivity index (χ0v) is 14.1. The maximum atomic E-state index is 12.2. The minimum atomic E-state index is -0.441. The van der Waals surface area contributed by atoms with E-state index < -0.39 is 4.92 Å². The number of aryl methyl sites for hydroxylation is 2. The Morgan fingerprint density at radius 1 is 1.42 bits per heavy atom. The lowest BCUT2D eigenvalue weighted by Gasteiger charge is -2.13. The van der Waals surface area contributed by atoms with Gasteiger partial charge in [-0.2, -0.15) is 5.10 Å². The third kappa shape index (κ3) is 3.70. The maximum absolute atomic E-state index is 12.2. The monoisotopic (exact) mass is 332 g/mol. The molecule has 0 N–H and O–H groups in total. The number of ether oxygens (including phenoxy) is 1. The van der Waals surface area contributed by atoms with Gasteiger partial charge in [-0.05, 0) is 25.5 Å². The van der Waals surface area contributed by atoms with Crippen molar-refractivity contribution in [2.45, 2.75) is 20.3 Å². The number of carbonyl (C=O) groups excluding carboxylic acids is 1. The summed E-state index contributed by atoms with van der Waals surface area (Å²) in [5.74, 6) is 0.653. The highest BCUT2D eigenvalue weighted by Crippen LogP contribution is 2.27. The Labute approximate surface area is 139 Å². The van der Waals surface area contributed by atoms with Gasteiger partial charge in [-0.25, -0.2) is 4.68 Å². The summed E-state index contributed by atoms with van der Waals surface area (Å²) in [4.78, 5) is 24.3. The van der Waals surface area contributed by atoms with Gasteiger partial charge in [0, 0.05) is 38.3 Å². The largest absolute Gasteiger partial charge is 0.439 e. The molecule has 2 aromatic rings. The van der Waals surface area contributed by atoms with Crippen LogP contribution in [0.1, 0.15) is 29.4 Å². The first-order valence-corrected chi connectivity index (χ1v) is 7.56. The number of amides is 1. The van der Waals surface area contributed by atoms with Crippen LogP contribution >= 0.6 is 0 Å². The molecule has 0 bridgehead atoms. The van der Waals surface area contributed by atoms with Crippen LogP contribution in [-0.4, -0.2) is 39.1 Å². The molecule has 8 heteroatoms. The summed E-state index contributed by atoms with van der Waals surface area (Å²) < 4.78 is 7.16. The van der Waals surface area contributed by atoms with Crippen LogP contribution < -0.4 is 4.74 Å². The standard InChI is InChI=1S/C16H20N4O4/c1-5-8-18(3)16(21)13-10-15(19(4)17-13)24-12-6-7-14(20(22)23)11(2)9-12/h6-7,9-10H,5,8H2,1-4H3. The summed E-state index contributed by atoms with van der Waals surface area (Å²) in [6.07, 6.45) is 0.862. The second kappa shape index (κ2) is 7.12. The molecule has 1 amide bonds. The molecule has 8 nitrogen and oxygen atoms in total. The maximum Gasteiger partial charge on any atom is 0.274 e. The Hall–Kier alpha value is -2.90. The molecule has 1 aromatic carbocycles. The fourth-order valence-corrected chi connectivity index (χ4v) is 2.30. The van der Waals surface area contributed by atoms with Gasteiger partial charge in [0.05, 0.1) is 4.92 Å². The summed E-state index contributed by atoms with van der Waals surface area (Å²) in [6.45, 7) is 4.28. The molecule has 0 radical (unpaired) electrons. The molecule has 0 aliphatic rings. The van der Waals surface area contributed by atoms with E-state index in [1.807, 2.05) is 6.92 Å². The summed E-state index contributed by atoms with van der Waals surface area (Å²) in [5.41, 5.74) is 0.824. The van der Waals surface area contributed by atoms with E-state index in [0.29, 0.717) is 29.4 Å². The Kier molecular flexibility index (Phi) is 5.18. The van der Waals surface area contributed by atoms with E-state index in [0.717, 1.165) is 6.42 Å². The Balaban J connectivity index is 2.21. The van der Waals surface area contributed by atoms with Gasteiger partial charge in [-0.15, -0.1) is 0 Å².